The van der Waals surface area contributed by atoms with Crippen molar-refractivity contribution in [2.75, 3.05) is 14.2 Å². The number of carbonyl (C=O) groups is 1. The first kappa shape index (κ1) is 20.9. The van der Waals surface area contributed by atoms with E-state index in [0.717, 1.165) is 0 Å². The molecule has 0 saturated carbocycles. The molecule has 3 atom stereocenters. The van der Waals surface area contributed by atoms with Gasteiger partial charge in [0.05, 0.1) is 14.2 Å². The summed E-state index contributed by atoms with van der Waals surface area (Å²) in [5.41, 5.74) is 0.305. The summed E-state index contributed by atoms with van der Waals surface area (Å²) in [7, 11) is -1.51. The number of esters is 1. The lowest BCUT2D eigenvalue weighted by Gasteiger charge is -2.23. The Bertz CT molecular complexity index is 786. The largest absolute Gasteiger partial charge is 0.595 e. The zero-order valence-corrected chi connectivity index (χ0v) is 16.0. The van der Waals surface area contributed by atoms with E-state index in [4.69, 9.17) is 9.05 Å². The van der Waals surface area contributed by atoms with E-state index in [9.17, 15) is 14.6 Å². The summed E-state index contributed by atoms with van der Waals surface area (Å²) >= 11 is 0. The minimum atomic E-state index is -4.00. The van der Waals surface area contributed by atoms with E-state index in [-0.39, 0.29) is 11.5 Å². The monoisotopic (exact) mass is 396 g/mol. The summed E-state index contributed by atoms with van der Waals surface area (Å²) in [4.78, 5) is 16.3. The van der Waals surface area contributed by atoms with Crippen molar-refractivity contribution in [1.29, 1.82) is 0 Å². The van der Waals surface area contributed by atoms with E-state index in [0.29, 0.717) is 5.69 Å². The van der Waals surface area contributed by atoms with Crippen LogP contribution in [0, 0.1) is 5.21 Å². The van der Waals surface area contributed by atoms with Gasteiger partial charge in [-0.3, -0.25) is 4.79 Å². The Hall–Kier alpha value is -2.42. The second-order valence-corrected chi connectivity index (χ2v) is 7.00. The Morgan fingerprint density at radius 3 is 2.11 bits per heavy atom. The van der Waals surface area contributed by atoms with E-state index < -0.39 is 25.0 Å². The van der Waals surface area contributed by atoms with Gasteiger partial charge >= 0.3 is 13.7 Å². The number of methoxy groups -OCH3 is 1. The van der Waals surface area contributed by atoms with Crippen LogP contribution in [0.15, 0.2) is 54.6 Å². The number of carbonyl (C=O) groups excluding carboxylic acids is 1. The van der Waals surface area contributed by atoms with Crippen LogP contribution in [0.4, 0.5) is 5.69 Å². The molecule has 10 heteroatoms. The molecule has 2 aromatic rings. The molecule has 0 fully saturated rings. The number of ether oxygens (including phenoxy) is 1. The summed E-state index contributed by atoms with van der Waals surface area (Å²) in [6, 6.07) is 13.2. The average molecular weight is 396 g/mol. The predicted octanol–water partition coefficient (Wildman–Crippen LogP) is 1.98. The molecule has 2 N–H and O–H groups in total. The number of benzene rings is 2. The molecule has 9 nitrogen and oxygen atoms in total. The van der Waals surface area contributed by atoms with Gasteiger partial charge in [-0.05, 0) is 31.2 Å². The van der Waals surface area contributed by atoms with Crippen LogP contribution in [0.3, 0.4) is 0 Å². The molecule has 27 heavy (non-hydrogen) atoms. The molecule has 0 aliphatic carbocycles. The third-order valence-corrected chi connectivity index (χ3v) is 4.98. The van der Waals surface area contributed by atoms with Crippen molar-refractivity contribution in [2.45, 2.75) is 13.0 Å². The van der Waals surface area contributed by atoms with Crippen LogP contribution in [0.5, 0.6) is 11.5 Å². The van der Waals surface area contributed by atoms with Crippen LogP contribution >= 0.6 is 7.75 Å². The molecule has 0 spiro atoms. The van der Waals surface area contributed by atoms with Crippen LogP contribution in [-0.4, -0.2) is 26.2 Å². The van der Waals surface area contributed by atoms with Crippen molar-refractivity contribution in [3.8, 4) is 11.5 Å². The first-order valence-electron chi connectivity index (χ1n) is 7.95. The number of rotatable bonds is 9. The zero-order valence-electron chi connectivity index (χ0n) is 15.1. The van der Waals surface area contributed by atoms with Gasteiger partial charge in [0, 0.05) is 12.1 Å². The summed E-state index contributed by atoms with van der Waals surface area (Å²) in [6.45, 7) is 1.47. The maximum absolute atomic E-state index is 13.2. The highest BCUT2D eigenvalue weighted by atomic mass is 31.2. The maximum atomic E-state index is 13.2. The molecule has 0 aliphatic rings. The maximum Gasteiger partial charge on any atom is 0.513 e. The molecular formula is C17H21N2O7P. The van der Waals surface area contributed by atoms with Crippen molar-refractivity contribution >= 4 is 19.4 Å². The summed E-state index contributed by atoms with van der Waals surface area (Å²) in [6.07, 6.45) is 0. The van der Waals surface area contributed by atoms with Crippen LogP contribution in [0.2, 0.25) is 0 Å². The van der Waals surface area contributed by atoms with E-state index in [1.807, 2.05) is 0 Å². The van der Waals surface area contributed by atoms with E-state index in [1.54, 1.807) is 30.3 Å². The molecule has 2 aromatic carbocycles. The summed E-state index contributed by atoms with van der Waals surface area (Å²) in [5.74, 6) is -0.167. The highest BCUT2D eigenvalue weighted by molar-refractivity contribution is 7.52. The lowest BCUT2D eigenvalue weighted by molar-refractivity contribution is -0.992. The number of quaternary nitrogens is 1. The average Bonchev–Trinajstić information content (AvgIpc) is 2.67. The second-order valence-electron chi connectivity index (χ2n) is 5.38. The van der Waals surface area contributed by atoms with Crippen molar-refractivity contribution in [3.63, 3.8) is 0 Å². The normalized spacial score (nSPS) is 15.3. The molecule has 1 unspecified atom stereocenters. The van der Waals surface area contributed by atoms with Crippen molar-refractivity contribution in [2.24, 2.45) is 0 Å². The van der Waals surface area contributed by atoms with Crippen LogP contribution in [0.25, 0.3) is 0 Å². The Balaban J connectivity index is 2.23. The summed E-state index contributed by atoms with van der Waals surface area (Å²) < 4.78 is 28.8. The molecule has 2 rings (SSSR count). The highest BCUT2D eigenvalue weighted by Crippen LogP contribution is 2.45. The number of para-hydroxylation sites is 1. The quantitative estimate of drug-likeness (QED) is 0.376. The molecule has 0 bridgehead atoms. The first-order chi connectivity index (χ1) is 12.9. The number of hydrogen-bond acceptors (Lipinski definition) is 7. The van der Waals surface area contributed by atoms with Gasteiger partial charge in [0.25, 0.3) is 0 Å². The van der Waals surface area contributed by atoms with Gasteiger partial charge in [0.15, 0.2) is 5.69 Å². The summed E-state index contributed by atoms with van der Waals surface area (Å²) in [5, 5.41) is 13.5. The predicted molar refractivity (Wildman–Crippen MR) is 97.4 cm³/mol. The third-order valence-electron chi connectivity index (χ3n) is 3.38. The fourth-order valence-corrected chi connectivity index (χ4v) is 3.59. The fraction of sp³-hybridized carbons (Fsp3) is 0.235. The van der Waals surface area contributed by atoms with Gasteiger partial charge < -0.3 is 19.0 Å². The Kier molecular flexibility index (Phi) is 7.35. The minimum Gasteiger partial charge on any atom is -0.595 e. The number of nitrogens with one attached hydrogen (secondary N) is 2. The molecule has 0 radical (unpaired) electrons. The standard InChI is InChI=1S/C17H21N2O7P/c1-13(17(20)23-2)18-27(22,25-15-7-5-4-6-8-15)26-16-11-9-14(10-12-16)19(21)24-3/h4-13,19H,1-3H3,(H,18,22)/t13-,27-/m0/s1. The van der Waals surface area contributed by atoms with Crippen molar-refractivity contribution in [3.05, 3.63) is 59.8 Å². The Morgan fingerprint density at radius 1 is 1.04 bits per heavy atom. The first-order valence-corrected chi connectivity index (χ1v) is 9.49. The van der Waals surface area contributed by atoms with Gasteiger partial charge in [0.2, 0.25) is 0 Å². The molecule has 0 heterocycles. The van der Waals surface area contributed by atoms with E-state index in [2.05, 4.69) is 14.7 Å². The van der Waals surface area contributed by atoms with Crippen LogP contribution < -0.4 is 19.4 Å². The van der Waals surface area contributed by atoms with Gasteiger partial charge in [0.1, 0.15) is 17.5 Å². The molecular weight excluding hydrogens is 375 g/mol. The molecule has 0 aliphatic heterocycles. The molecule has 0 aromatic heterocycles. The van der Waals surface area contributed by atoms with Gasteiger partial charge in [-0.25, -0.2) is 9.40 Å². The van der Waals surface area contributed by atoms with Crippen LogP contribution in [0.1, 0.15) is 6.92 Å². The van der Waals surface area contributed by atoms with Crippen molar-refractivity contribution in [1.82, 2.24) is 5.09 Å². The minimum absolute atomic E-state index is 0.173. The lowest BCUT2D eigenvalue weighted by atomic mass is 10.3. The topological polar surface area (TPSA) is 111 Å². The number of hydrogen-bond donors (Lipinski definition) is 2. The zero-order chi connectivity index (χ0) is 19.9. The molecule has 0 amide bonds. The van der Waals surface area contributed by atoms with Crippen LogP contribution in [-0.2, 0) is 18.9 Å². The molecule has 146 valence electrons. The van der Waals surface area contributed by atoms with Gasteiger partial charge in [-0.2, -0.15) is 10.3 Å². The van der Waals surface area contributed by atoms with Gasteiger partial charge in [-0.15, -0.1) is 0 Å². The SMILES string of the molecule is COC(=O)[C@H](C)N[P@](=O)(Oc1ccccc1)Oc1ccc([NH+]([O-])OC)cc1. The molecule has 0 saturated heterocycles. The highest BCUT2D eigenvalue weighted by Gasteiger charge is 2.33. The fourth-order valence-electron chi connectivity index (χ4n) is 2.07. The Labute approximate surface area is 156 Å². The Morgan fingerprint density at radius 2 is 1.59 bits per heavy atom. The van der Waals surface area contributed by atoms with Gasteiger partial charge in [-0.1, -0.05) is 18.2 Å². The second kappa shape index (κ2) is 9.50. The third kappa shape index (κ3) is 6.06. The smallest absolute Gasteiger partial charge is 0.513 e. The van der Waals surface area contributed by atoms with Crippen molar-refractivity contribution < 1.29 is 33.2 Å². The van der Waals surface area contributed by atoms with E-state index >= 15 is 0 Å². The van der Waals surface area contributed by atoms with E-state index in [1.165, 1.54) is 45.4 Å². The lowest BCUT2D eigenvalue weighted by Crippen LogP contribution is -3.00.